The lowest BCUT2D eigenvalue weighted by molar-refractivity contribution is -0.138. The van der Waals surface area contributed by atoms with Gasteiger partial charge in [0.25, 0.3) is 0 Å². The molecule has 2 aromatic carbocycles. The van der Waals surface area contributed by atoms with Gasteiger partial charge in [0.15, 0.2) is 0 Å². The molecule has 0 fully saturated rings. The van der Waals surface area contributed by atoms with Crippen molar-refractivity contribution >= 4 is 5.97 Å². The van der Waals surface area contributed by atoms with Gasteiger partial charge in [0.1, 0.15) is 24.7 Å². The van der Waals surface area contributed by atoms with E-state index in [1.54, 1.807) is 0 Å². The summed E-state index contributed by atoms with van der Waals surface area (Å²) in [7, 11) is 0. The van der Waals surface area contributed by atoms with Crippen molar-refractivity contribution in [1.82, 2.24) is 0 Å². The fourth-order valence-corrected chi connectivity index (χ4v) is 2.54. The van der Waals surface area contributed by atoms with Crippen LogP contribution in [-0.4, -0.2) is 19.2 Å². The zero-order chi connectivity index (χ0) is 19.0. The highest BCUT2D eigenvalue weighted by Crippen LogP contribution is 2.33. The van der Waals surface area contributed by atoms with Crippen molar-refractivity contribution in [3.63, 3.8) is 0 Å². The molecule has 2 rings (SSSR count). The predicted octanol–water partition coefficient (Wildman–Crippen LogP) is 4.64. The van der Waals surface area contributed by atoms with Gasteiger partial charge in [-0.3, -0.25) is 0 Å². The molecule has 0 aliphatic heterocycles. The average molecular weight is 352 g/mol. The largest absolute Gasteiger partial charge is 0.490 e. The third-order valence-corrected chi connectivity index (χ3v) is 4.13. The smallest absolute Gasteiger partial charge is 0.330 e. The Balaban J connectivity index is 2.00. The quantitative estimate of drug-likeness (QED) is 0.285. The van der Waals surface area contributed by atoms with Crippen molar-refractivity contribution in [2.24, 2.45) is 0 Å². The molecule has 0 amide bonds. The van der Waals surface area contributed by atoms with Gasteiger partial charge in [-0.25, -0.2) is 4.79 Å². The van der Waals surface area contributed by atoms with Crippen LogP contribution in [-0.2, 0) is 14.9 Å². The summed E-state index contributed by atoms with van der Waals surface area (Å²) in [6.07, 6.45) is 2.55. The van der Waals surface area contributed by atoms with Crippen LogP contribution in [0.2, 0.25) is 0 Å². The minimum Gasteiger partial charge on any atom is -0.490 e. The molecule has 4 heteroatoms. The second-order valence-corrected chi connectivity index (χ2v) is 6.18. The van der Waals surface area contributed by atoms with E-state index in [1.807, 2.05) is 36.4 Å². The van der Waals surface area contributed by atoms with E-state index in [1.165, 1.54) is 17.4 Å². The molecule has 0 bridgehead atoms. The van der Waals surface area contributed by atoms with Gasteiger partial charge in [0.05, 0.1) is 6.26 Å². The molecule has 0 radical (unpaired) electrons. The van der Waals surface area contributed by atoms with E-state index in [4.69, 9.17) is 14.2 Å². The number of hydrogen-bond acceptors (Lipinski definition) is 4. The first kappa shape index (κ1) is 19.3. The Labute approximate surface area is 154 Å². The van der Waals surface area contributed by atoms with Gasteiger partial charge >= 0.3 is 5.97 Å². The molecule has 0 aliphatic carbocycles. The molecular weight excluding hydrogens is 328 g/mol. The van der Waals surface area contributed by atoms with Crippen LogP contribution in [0.1, 0.15) is 25.0 Å². The summed E-state index contributed by atoms with van der Waals surface area (Å²) < 4.78 is 15.7. The maximum atomic E-state index is 11.0. The molecule has 0 spiro atoms. The standard InChI is InChI=1S/C22H24O4/c1-5-21(23)26-16-15-25-20-13-9-18(10-14-20)22(3,4)17-7-11-19(12-8-17)24-6-2/h5-14H,1-2,15-16H2,3-4H3. The molecule has 0 heterocycles. The lowest BCUT2D eigenvalue weighted by atomic mass is 9.78. The highest BCUT2D eigenvalue weighted by Gasteiger charge is 2.23. The summed E-state index contributed by atoms with van der Waals surface area (Å²) in [4.78, 5) is 11.0. The minimum atomic E-state index is -0.449. The van der Waals surface area contributed by atoms with Crippen LogP contribution < -0.4 is 9.47 Å². The molecule has 2 aromatic rings. The summed E-state index contributed by atoms with van der Waals surface area (Å²) in [6.45, 7) is 11.7. The van der Waals surface area contributed by atoms with Crippen molar-refractivity contribution in [1.29, 1.82) is 0 Å². The summed E-state index contributed by atoms with van der Waals surface area (Å²) >= 11 is 0. The molecule has 0 aliphatic rings. The zero-order valence-electron chi connectivity index (χ0n) is 15.2. The molecule has 0 saturated carbocycles. The zero-order valence-corrected chi connectivity index (χ0v) is 15.2. The Kier molecular flexibility index (Phi) is 6.61. The first-order valence-corrected chi connectivity index (χ1v) is 8.38. The van der Waals surface area contributed by atoms with E-state index in [-0.39, 0.29) is 12.0 Å². The number of ether oxygens (including phenoxy) is 3. The second kappa shape index (κ2) is 8.90. The number of rotatable bonds is 9. The Hall–Kier alpha value is -3.01. The van der Waals surface area contributed by atoms with Crippen LogP contribution in [0.25, 0.3) is 0 Å². The lowest BCUT2D eigenvalue weighted by Crippen LogP contribution is -2.18. The first-order chi connectivity index (χ1) is 12.5. The molecule has 26 heavy (non-hydrogen) atoms. The predicted molar refractivity (Wildman–Crippen MR) is 102 cm³/mol. The minimum absolute atomic E-state index is 0.162. The number of esters is 1. The Bertz CT molecular complexity index is 743. The van der Waals surface area contributed by atoms with Gasteiger partial charge in [-0.05, 0) is 35.4 Å². The number of carbonyl (C=O) groups is 1. The van der Waals surface area contributed by atoms with Gasteiger partial charge in [0, 0.05) is 11.5 Å². The number of benzene rings is 2. The van der Waals surface area contributed by atoms with E-state index in [0.29, 0.717) is 6.61 Å². The van der Waals surface area contributed by atoms with Gasteiger partial charge in [-0.15, -0.1) is 0 Å². The maximum Gasteiger partial charge on any atom is 0.330 e. The Morgan fingerprint density at radius 2 is 1.46 bits per heavy atom. The van der Waals surface area contributed by atoms with Crippen LogP contribution in [0.15, 0.2) is 74.0 Å². The van der Waals surface area contributed by atoms with Crippen molar-refractivity contribution in [3.8, 4) is 11.5 Å². The van der Waals surface area contributed by atoms with Crippen LogP contribution in [0, 0.1) is 0 Å². The average Bonchev–Trinajstić information content (AvgIpc) is 2.66. The van der Waals surface area contributed by atoms with Crippen molar-refractivity contribution in [3.05, 3.63) is 85.2 Å². The summed E-state index contributed by atoms with van der Waals surface area (Å²) in [6, 6.07) is 15.9. The molecule has 0 saturated heterocycles. The second-order valence-electron chi connectivity index (χ2n) is 6.18. The highest BCUT2D eigenvalue weighted by molar-refractivity contribution is 5.81. The molecule has 4 nitrogen and oxygen atoms in total. The van der Waals surface area contributed by atoms with E-state index in [2.05, 4.69) is 39.1 Å². The van der Waals surface area contributed by atoms with Gasteiger partial charge < -0.3 is 14.2 Å². The van der Waals surface area contributed by atoms with E-state index in [0.717, 1.165) is 17.6 Å². The third-order valence-electron chi connectivity index (χ3n) is 4.13. The monoisotopic (exact) mass is 352 g/mol. The van der Waals surface area contributed by atoms with Crippen LogP contribution in [0.3, 0.4) is 0 Å². The molecular formula is C22H24O4. The normalized spacial score (nSPS) is 10.7. The van der Waals surface area contributed by atoms with E-state index < -0.39 is 5.97 Å². The molecule has 136 valence electrons. The third kappa shape index (κ3) is 4.99. The summed E-state index contributed by atoms with van der Waals surface area (Å²) in [5, 5.41) is 0. The summed E-state index contributed by atoms with van der Waals surface area (Å²) in [5.74, 6) is 1.05. The Morgan fingerprint density at radius 1 is 0.923 bits per heavy atom. The van der Waals surface area contributed by atoms with E-state index >= 15 is 0 Å². The van der Waals surface area contributed by atoms with Gasteiger partial charge in [0.2, 0.25) is 0 Å². The van der Waals surface area contributed by atoms with Crippen LogP contribution in [0.4, 0.5) is 0 Å². The van der Waals surface area contributed by atoms with Crippen molar-refractivity contribution in [2.75, 3.05) is 13.2 Å². The number of carbonyl (C=O) groups excluding carboxylic acids is 1. The van der Waals surface area contributed by atoms with Crippen molar-refractivity contribution in [2.45, 2.75) is 19.3 Å². The molecule has 0 aromatic heterocycles. The Morgan fingerprint density at radius 3 is 1.96 bits per heavy atom. The SMILES string of the molecule is C=COc1ccc(C(C)(C)c2ccc(OCCOC(=O)C=C)cc2)cc1. The lowest BCUT2D eigenvalue weighted by Gasteiger charge is -2.26. The van der Waals surface area contributed by atoms with Crippen LogP contribution in [0.5, 0.6) is 11.5 Å². The highest BCUT2D eigenvalue weighted by atomic mass is 16.6. The van der Waals surface area contributed by atoms with Gasteiger partial charge in [-0.2, -0.15) is 0 Å². The van der Waals surface area contributed by atoms with Crippen molar-refractivity contribution < 1.29 is 19.0 Å². The van der Waals surface area contributed by atoms with E-state index in [9.17, 15) is 4.79 Å². The maximum absolute atomic E-state index is 11.0. The topological polar surface area (TPSA) is 44.8 Å². The summed E-state index contributed by atoms with van der Waals surface area (Å²) in [5.41, 5.74) is 2.18. The molecule has 0 atom stereocenters. The first-order valence-electron chi connectivity index (χ1n) is 8.38. The number of hydrogen-bond donors (Lipinski definition) is 0. The fraction of sp³-hybridized carbons (Fsp3) is 0.227. The molecule has 0 N–H and O–H groups in total. The molecule has 0 unspecified atom stereocenters. The van der Waals surface area contributed by atoms with Gasteiger partial charge in [-0.1, -0.05) is 51.3 Å². The van der Waals surface area contributed by atoms with Crippen LogP contribution >= 0.6 is 0 Å². The fourth-order valence-electron chi connectivity index (χ4n) is 2.54.